The van der Waals surface area contributed by atoms with E-state index >= 15 is 0 Å². The van der Waals surface area contributed by atoms with Crippen molar-refractivity contribution in [3.8, 4) is 0 Å². The number of hydrogen-bond donors (Lipinski definition) is 2. The number of para-hydroxylation sites is 1. The molecular formula is C11H13N3O. The highest BCUT2D eigenvalue weighted by atomic mass is 16.1. The van der Waals surface area contributed by atoms with Crippen LogP contribution in [0.4, 0.5) is 5.69 Å². The smallest absolute Gasteiger partial charge is 0.326 e. The van der Waals surface area contributed by atoms with E-state index in [-0.39, 0.29) is 11.7 Å². The van der Waals surface area contributed by atoms with Crippen molar-refractivity contribution in [2.75, 3.05) is 5.73 Å². The van der Waals surface area contributed by atoms with E-state index in [9.17, 15) is 4.79 Å². The summed E-state index contributed by atoms with van der Waals surface area (Å²) >= 11 is 0. The maximum absolute atomic E-state index is 11.4. The number of rotatable bonds is 2. The van der Waals surface area contributed by atoms with E-state index < -0.39 is 0 Å². The molecule has 1 aromatic carbocycles. The van der Waals surface area contributed by atoms with Crippen molar-refractivity contribution in [1.82, 2.24) is 9.55 Å². The van der Waals surface area contributed by atoms with Gasteiger partial charge in [-0.05, 0) is 18.6 Å². The summed E-state index contributed by atoms with van der Waals surface area (Å²) in [5, 5.41) is 0. The Balaban J connectivity index is 2.45. The van der Waals surface area contributed by atoms with Gasteiger partial charge in [0.2, 0.25) is 0 Å². The van der Waals surface area contributed by atoms with Crippen LogP contribution in [-0.4, -0.2) is 9.55 Å². The van der Waals surface area contributed by atoms with Gasteiger partial charge in [-0.15, -0.1) is 0 Å². The molecular weight excluding hydrogens is 190 g/mol. The number of nitrogens with zero attached hydrogens (tertiary/aromatic N) is 1. The highest BCUT2D eigenvalue weighted by molar-refractivity contribution is 5.48. The molecule has 0 aliphatic heterocycles. The van der Waals surface area contributed by atoms with Gasteiger partial charge in [-0.1, -0.05) is 18.2 Å². The van der Waals surface area contributed by atoms with Gasteiger partial charge >= 0.3 is 5.69 Å². The Hall–Kier alpha value is -1.97. The Bertz CT molecular complexity index is 512. The van der Waals surface area contributed by atoms with Gasteiger partial charge in [0.15, 0.2) is 0 Å². The van der Waals surface area contributed by atoms with Gasteiger partial charge in [-0.25, -0.2) is 4.79 Å². The molecule has 0 saturated heterocycles. The number of aromatic nitrogens is 2. The molecule has 0 fully saturated rings. The van der Waals surface area contributed by atoms with E-state index in [1.807, 2.05) is 31.2 Å². The van der Waals surface area contributed by atoms with Crippen molar-refractivity contribution in [2.45, 2.75) is 13.0 Å². The lowest BCUT2D eigenvalue weighted by Gasteiger charge is -2.14. The van der Waals surface area contributed by atoms with Gasteiger partial charge < -0.3 is 10.7 Å². The van der Waals surface area contributed by atoms with Crippen molar-refractivity contribution in [3.05, 3.63) is 52.7 Å². The van der Waals surface area contributed by atoms with Crippen LogP contribution in [-0.2, 0) is 0 Å². The van der Waals surface area contributed by atoms with Crippen molar-refractivity contribution in [2.24, 2.45) is 0 Å². The Morgan fingerprint density at radius 3 is 2.73 bits per heavy atom. The standard InChI is InChI=1S/C11H13N3O/c1-8(14-7-6-13-11(14)15)9-4-2-3-5-10(9)12/h2-8H,12H2,1H3,(H,13,15). The molecule has 1 atom stereocenters. The fraction of sp³-hybridized carbons (Fsp3) is 0.182. The maximum atomic E-state index is 11.4. The molecule has 2 aromatic rings. The molecule has 1 unspecified atom stereocenters. The first-order valence-corrected chi connectivity index (χ1v) is 4.80. The number of nitrogens with two attached hydrogens (primary N) is 1. The summed E-state index contributed by atoms with van der Waals surface area (Å²) in [7, 11) is 0. The summed E-state index contributed by atoms with van der Waals surface area (Å²) in [5.41, 5.74) is 7.40. The number of nitrogens with one attached hydrogen (secondary N) is 1. The molecule has 0 aliphatic carbocycles. The van der Waals surface area contributed by atoms with E-state index in [0.29, 0.717) is 5.69 Å². The summed E-state index contributed by atoms with van der Waals surface area (Å²) in [6.07, 6.45) is 3.34. The lowest BCUT2D eigenvalue weighted by molar-refractivity contribution is 0.618. The molecule has 78 valence electrons. The zero-order valence-electron chi connectivity index (χ0n) is 8.47. The summed E-state index contributed by atoms with van der Waals surface area (Å²) in [4.78, 5) is 14.0. The fourth-order valence-corrected chi connectivity index (χ4v) is 1.68. The van der Waals surface area contributed by atoms with E-state index in [4.69, 9.17) is 5.73 Å². The van der Waals surface area contributed by atoms with E-state index in [2.05, 4.69) is 4.98 Å². The summed E-state index contributed by atoms with van der Waals surface area (Å²) in [5.74, 6) is 0. The second kappa shape index (κ2) is 3.65. The molecule has 0 bridgehead atoms. The van der Waals surface area contributed by atoms with Gasteiger partial charge in [0.05, 0.1) is 6.04 Å². The number of imidazole rings is 1. The molecule has 0 saturated carbocycles. The van der Waals surface area contributed by atoms with Crippen LogP contribution in [0, 0.1) is 0 Å². The average molecular weight is 203 g/mol. The topological polar surface area (TPSA) is 63.8 Å². The van der Waals surface area contributed by atoms with Crippen molar-refractivity contribution >= 4 is 5.69 Å². The molecule has 0 spiro atoms. The summed E-state index contributed by atoms with van der Waals surface area (Å²) < 4.78 is 1.62. The van der Waals surface area contributed by atoms with Gasteiger partial charge in [-0.3, -0.25) is 4.57 Å². The van der Waals surface area contributed by atoms with Crippen LogP contribution in [0.15, 0.2) is 41.5 Å². The van der Waals surface area contributed by atoms with Gasteiger partial charge in [0, 0.05) is 18.1 Å². The molecule has 15 heavy (non-hydrogen) atoms. The first-order valence-electron chi connectivity index (χ1n) is 4.80. The number of anilines is 1. The lowest BCUT2D eigenvalue weighted by Crippen LogP contribution is -2.21. The molecule has 0 aliphatic rings. The third-order valence-electron chi connectivity index (χ3n) is 2.54. The van der Waals surface area contributed by atoms with Crippen LogP contribution in [0.3, 0.4) is 0 Å². The first kappa shape index (κ1) is 9.58. The van der Waals surface area contributed by atoms with Crippen LogP contribution < -0.4 is 11.4 Å². The molecule has 4 heteroatoms. The Morgan fingerprint density at radius 2 is 2.13 bits per heavy atom. The van der Waals surface area contributed by atoms with E-state index in [1.54, 1.807) is 17.0 Å². The van der Waals surface area contributed by atoms with Gasteiger partial charge in [0.1, 0.15) is 0 Å². The minimum Gasteiger partial charge on any atom is -0.398 e. The molecule has 0 radical (unpaired) electrons. The molecule has 0 amide bonds. The van der Waals surface area contributed by atoms with E-state index in [1.165, 1.54) is 0 Å². The van der Waals surface area contributed by atoms with Crippen LogP contribution in [0.2, 0.25) is 0 Å². The number of H-pyrrole nitrogens is 1. The number of nitrogen functional groups attached to an aromatic ring is 1. The second-order valence-corrected chi connectivity index (χ2v) is 3.48. The van der Waals surface area contributed by atoms with Gasteiger partial charge in [0.25, 0.3) is 0 Å². The SMILES string of the molecule is CC(c1ccccc1N)n1cc[nH]c1=O. The monoisotopic (exact) mass is 203 g/mol. The van der Waals surface area contributed by atoms with Crippen molar-refractivity contribution < 1.29 is 0 Å². The minimum atomic E-state index is -0.120. The largest absolute Gasteiger partial charge is 0.398 e. The van der Waals surface area contributed by atoms with Crippen LogP contribution in [0.5, 0.6) is 0 Å². The summed E-state index contributed by atoms with van der Waals surface area (Å²) in [6, 6.07) is 7.51. The van der Waals surface area contributed by atoms with Crippen molar-refractivity contribution in [3.63, 3.8) is 0 Å². The molecule has 1 heterocycles. The highest BCUT2D eigenvalue weighted by Gasteiger charge is 2.11. The molecule has 1 aromatic heterocycles. The fourth-order valence-electron chi connectivity index (χ4n) is 1.68. The zero-order valence-corrected chi connectivity index (χ0v) is 8.47. The maximum Gasteiger partial charge on any atom is 0.326 e. The van der Waals surface area contributed by atoms with Crippen LogP contribution >= 0.6 is 0 Å². The highest BCUT2D eigenvalue weighted by Crippen LogP contribution is 2.21. The lowest BCUT2D eigenvalue weighted by atomic mass is 10.1. The number of aromatic amines is 1. The molecule has 3 N–H and O–H groups in total. The second-order valence-electron chi connectivity index (χ2n) is 3.48. The van der Waals surface area contributed by atoms with Crippen LogP contribution in [0.1, 0.15) is 18.5 Å². The zero-order chi connectivity index (χ0) is 10.8. The number of benzene rings is 1. The molecule has 4 nitrogen and oxygen atoms in total. The normalized spacial score (nSPS) is 12.6. The quantitative estimate of drug-likeness (QED) is 0.724. The average Bonchev–Trinajstić information content (AvgIpc) is 2.64. The Labute approximate surface area is 87.4 Å². The van der Waals surface area contributed by atoms with E-state index in [0.717, 1.165) is 5.56 Å². The third-order valence-corrected chi connectivity index (χ3v) is 2.54. The van der Waals surface area contributed by atoms with Crippen molar-refractivity contribution in [1.29, 1.82) is 0 Å². The minimum absolute atomic E-state index is 0.0510. The first-order chi connectivity index (χ1) is 7.20. The molecule has 2 rings (SSSR count). The summed E-state index contributed by atoms with van der Waals surface area (Å²) in [6.45, 7) is 1.95. The predicted molar refractivity (Wildman–Crippen MR) is 59.7 cm³/mol. The third kappa shape index (κ3) is 1.66. The van der Waals surface area contributed by atoms with Crippen LogP contribution in [0.25, 0.3) is 0 Å². The Morgan fingerprint density at radius 1 is 1.40 bits per heavy atom. The predicted octanol–water partition coefficient (Wildman–Crippen LogP) is 1.37. The Kier molecular flexibility index (Phi) is 2.33. The van der Waals surface area contributed by atoms with Gasteiger partial charge in [-0.2, -0.15) is 0 Å². The number of hydrogen-bond acceptors (Lipinski definition) is 2.